The van der Waals surface area contributed by atoms with Crippen LogP contribution in [0.3, 0.4) is 0 Å². The number of nitriles is 1. The van der Waals surface area contributed by atoms with E-state index in [2.05, 4.69) is 4.98 Å². The van der Waals surface area contributed by atoms with Crippen LogP contribution in [0.15, 0.2) is 6.20 Å². The van der Waals surface area contributed by atoms with E-state index in [1.54, 1.807) is 17.5 Å². The van der Waals surface area contributed by atoms with Crippen molar-refractivity contribution in [2.75, 3.05) is 0 Å². The van der Waals surface area contributed by atoms with Gasteiger partial charge in [0.25, 0.3) is 0 Å². The van der Waals surface area contributed by atoms with Gasteiger partial charge < -0.3 is 0 Å². The van der Waals surface area contributed by atoms with E-state index in [9.17, 15) is 0 Å². The van der Waals surface area contributed by atoms with Crippen molar-refractivity contribution in [3.8, 4) is 6.07 Å². The van der Waals surface area contributed by atoms with Crippen LogP contribution in [0.2, 0.25) is 0 Å². The summed E-state index contributed by atoms with van der Waals surface area (Å²) in [6, 6.07) is 2.05. The largest absolute Gasteiger partial charge is 0.248 e. The molecule has 2 nitrogen and oxygen atoms in total. The highest BCUT2D eigenvalue weighted by Crippen LogP contribution is 2.10. The fourth-order valence-electron chi connectivity index (χ4n) is 0.551. The maximum absolute atomic E-state index is 8.25. The Hall–Kier alpha value is -0.880. The molecule has 0 atom stereocenters. The Bertz CT molecular complexity index is 233. The molecular formula is C6H6N2S. The van der Waals surface area contributed by atoms with Crippen LogP contribution in [0.1, 0.15) is 9.88 Å². The van der Waals surface area contributed by atoms with Gasteiger partial charge in [0.1, 0.15) is 5.01 Å². The molecule has 1 heterocycles. The van der Waals surface area contributed by atoms with E-state index in [0.29, 0.717) is 6.42 Å². The minimum absolute atomic E-state index is 0.443. The second kappa shape index (κ2) is 2.60. The summed E-state index contributed by atoms with van der Waals surface area (Å²) in [5.41, 5.74) is 0. The van der Waals surface area contributed by atoms with Crippen molar-refractivity contribution in [3.63, 3.8) is 0 Å². The van der Waals surface area contributed by atoms with E-state index in [4.69, 9.17) is 5.26 Å². The topological polar surface area (TPSA) is 36.7 Å². The number of thiazole rings is 1. The highest BCUT2D eigenvalue weighted by molar-refractivity contribution is 7.11. The van der Waals surface area contributed by atoms with E-state index in [1.165, 1.54) is 4.88 Å². The molecule has 0 aromatic carbocycles. The lowest BCUT2D eigenvalue weighted by Gasteiger charge is -1.76. The molecule has 0 saturated heterocycles. The zero-order chi connectivity index (χ0) is 6.69. The minimum Gasteiger partial charge on any atom is -0.248 e. The Morgan fingerprint density at radius 2 is 2.67 bits per heavy atom. The summed E-state index contributed by atoms with van der Waals surface area (Å²) >= 11 is 1.58. The fourth-order valence-corrected chi connectivity index (χ4v) is 1.27. The van der Waals surface area contributed by atoms with Crippen LogP contribution >= 0.6 is 11.3 Å². The predicted octanol–water partition coefficient (Wildman–Crippen LogP) is 1.52. The molecule has 0 saturated carbocycles. The monoisotopic (exact) mass is 138 g/mol. The van der Waals surface area contributed by atoms with Crippen molar-refractivity contribution in [3.05, 3.63) is 16.1 Å². The Kier molecular flexibility index (Phi) is 1.81. The van der Waals surface area contributed by atoms with Crippen molar-refractivity contribution >= 4 is 11.3 Å². The molecule has 46 valence electrons. The first kappa shape index (κ1) is 6.24. The highest BCUT2D eigenvalue weighted by Gasteiger charge is 1.94. The molecule has 1 rings (SSSR count). The molecule has 0 fully saturated rings. The summed E-state index contributed by atoms with van der Waals surface area (Å²) in [6.07, 6.45) is 2.23. The molecular weight excluding hydrogens is 132 g/mol. The van der Waals surface area contributed by atoms with Crippen LogP contribution in [0.4, 0.5) is 0 Å². The molecule has 0 aliphatic heterocycles. The normalized spacial score (nSPS) is 8.89. The van der Waals surface area contributed by atoms with Crippen molar-refractivity contribution in [1.29, 1.82) is 5.26 Å². The quantitative estimate of drug-likeness (QED) is 0.590. The van der Waals surface area contributed by atoms with E-state index < -0.39 is 0 Å². The van der Waals surface area contributed by atoms with Gasteiger partial charge in [-0.15, -0.1) is 11.3 Å². The third-order valence-corrected chi connectivity index (χ3v) is 1.81. The van der Waals surface area contributed by atoms with Crippen molar-refractivity contribution in [2.24, 2.45) is 0 Å². The first-order valence-corrected chi connectivity index (χ1v) is 3.43. The molecule has 0 amide bonds. The lowest BCUT2D eigenvalue weighted by Crippen LogP contribution is -1.74. The van der Waals surface area contributed by atoms with Crippen LogP contribution in [0.25, 0.3) is 0 Å². The summed E-state index contributed by atoms with van der Waals surface area (Å²) in [5, 5.41) is 9.16. The van der Waals surface area contributed by atoms with Crippen molar-refractivity contribution < 1.29 is 0 Å². The van der Waals surface area contributed by atoms with Gasteiger partial charge in [0, 0.05) is 11.1 Å². The summed E-state index contributed by atoms with van der Waals surface area (Å²) in [6.45, 7) is 1.98. The Labute approximate surface area is 57.8 Å². The molecule has 3 heteroatoms. The maximum Gasteiger partial charge on any atom is 0.107 e. The molecule has 0 unspecified atom stereocenters. The maximum atomic E-state index is 8.25. The fraction of sp³-hybridized carbons (Fsp3) is 0.333. The average Bonchev–Trinajstić information content (AvgIpc) is 2.17. The van der Waals surface area contributed by atoms with Crippen LogP contribution in [-0.2, 0) is 6.42 Å². The summed E-state index contributed by atoms with van der Waals surface area (Å²) < 4.78 is 0. The van der Waals surface area contributed by atoms with E-state index in [0.717, 1.165) is 5.01 Å². The number of aromatic nitrogens is 1. The molecule has 1 aromatic rings. The number of hydrogen-bond acceptors (Lipinski definition) is 3. The Balaban J connectivity index is 2.76. The predicted molar refractivity (Wildman–Crippen MR) is 36.2 cm³/mol. The second-order valence-corrected chi connectivity index (χ2v) is 3.02. The molecule has 0 aliphatic carbocycles. The summed E-state index contributed by atoms with van der Waals surface area (Å²) in [7, 11) is 0. The van der Waals surface area contributed by atoms with Gasteiger partial charge in [-0.25, -0.2) is 4.98 Å². The van der Waals surface area contributed by atoms with Gasteiger partial charge in [0.2, 0.25) is 0 Å². The molecule has 0 bridgehead atoms. The number of hydrogen-bond donors (Lipinski definition) is 0. The zero-order valence-corrected chi connectivity index (χ0v) is 5.90. The van der Waals surface area contributed by atoms with Gasteiger partial charge in [-0.1, -0.05) is 0 Å². The second-order valence-electron chi connectivity index (χ2n) is 1.70. The SMILES string of the molecule is Cc1cnc(CC#N)s1. The number of rotatable bonds is 1. The van der Waals surface area contributed by atoms with Gasteiger partial charge in [-0.3, -0.25) is 0 Å². The third kappa shape index (κ3) is 1.51. The lowest BCUT2D eigenvalue weighted by molar-refractivity contribution is 1.18. The van der Waals surface area contributed by atoms with Crippen molar-refractivity contribution in [1.82, 2.24) is 4.98 Å². The molecule has 9 heavy (non-hydrogen) atoms. The molecule has 1 aromatic heterocycles. The Morgan fingerprint density at radius 1 is 1.89 bits per heavy atom. The van der Waals surface area contributed by atoms with Gasteiger partial charge in [0.05, 0.1) is 12.5 Å². The average molecular weight is 138 g/mol. The minimum atomic E-state index is 0.443. The zero-order valence-electron chi connectivity index (χ0n) is 5.09. The number of nitrogens with zero attached hydrogens (tertiary/aromatic N) is 2. The van der Waals surface area contributed by atoms with Crippen LogP contribution in [0, 0.1) is 18.3 Å². The number of aryl methyl sites for hydroxylation is 1. The molecule has 0 radical (unpaired) electrons. The van der Waals surface area contributed by atoms with Gasteiger partial charge in [0.15, 0.2) is 0 Å². The first-order chi connectivity index (χ1) is 4.33. The van der Waals surface area contributed by atoms with Crippen LogP contribution in [0.5, 0.6) is 0 Å². The summed E-state index contributed by atoms with van der Waals surface area (Å²) in [5.74, 6) is 0. The standard InChI is InChI=1S/C6H6N2S/c1-5-4-8-6(9-5)2-3-7/h4H,2H2,1H3. The Morgan fingerprint density at radius 3 is 3.11 bits per heavy atom. The van der Waals surface area contributed by atoms with E-state index in [1.807, 2.05) is 13.0 Å². The molecule has 0 spiro atoms. The molecule has 0 aliphatic rings. The van der Waals surface area contributed by atoms with E-state index in [-0.39, 0.29) is 0 Å². The van der Waals surface area contributed by atoms with E-state index >= 15 is 0 Å². The summed E-state index contributed by atoms with van der Waals surface area (Å²) in [4.78, 5) is 5.17. The van der Waals surface area contributed by atoms with Crippen LogP contribution < -0.4 is 0 Å². The highest BCUT2D eigenvalue weighted by atomic mass is 32.1. The van der Waals surface area contributed by atoms with Gasteiger partial charge >= 0.3 is 0 Å². The van der Waals surface area contributed by atoms with Crippen molar-refractivity contribution in [2.45, 2.75) is 13.3 Å². The molecule has 0 N–H and O–H groups in total. The van der Waals surface area contributed by atoms with Gasteiger partial charge in [-0.2, -0.15) is 5.26 Å². The lowest BCUT2D eigenvalue weighted by atomic mass is 10.5. The van der Waals surface area contributed by atoms with Crippen LogP contribution in [-0.4, -0.2) is 4.98 Å². The third-order valence-electron chi connectivity index (χ3n) is 0.899. The smallest absolute Gasteiger partial charge is 0.107 e. The van der Waals surface area contributed by atoms with Gasteiger partial charge in [-0.05, 0) is 6.92 Å². The first-order valence-electron chi connectivity index (χ1n) is 2.61.